The predicted octanol–water partition coefficient (Wildman–Crippen LogP) is 2.71. The number of hydrogen-bond donors (Lipinski definition) is 1. The number of ether oxygens (including phenoxy) is 2. The molecular weight excluding hydrogens is 310 g/mol. The fraction of sp³-hybridized carbons (Fsp3) is 0.556. The third kappa shape index (κ3) is 5.44. The minimum Gasteiger partial charge on any atom is -0.497 e. The van der Waals surface area contributed by atoms with Gasteiger partial charge in [0, 0.05) is 19.0 Å². The molecule has 1 aromatic carbocycles. The molecule has 1 unspecified atom stereocenters. The second kappa shape index (κ2) is 9.15. The zero-order valence-corrected chi connectivity index (χ0v) is 14.1. The predicted molar refractivity (Wildman–Crippen MR) is 89.3 cm³/mol. The van der Waals surface area contributed by atoms with Crippen molar-refractivity contribution in [3.05, 3.63) is 24.3 Å². The summed E-state index contributed by atoms with van der Waals surface area (Å²) in [6, 6.07) is 7.27. The topological polar surface area (TPSA) is 76.1 Å². The largest absolute Gasteiger partial charge is 0.497 e. The Labute approximate surface area is 142 Å². The van der Waals surface area contributed by atoms with Crippen molar-refractivity contribution < 1.29 is 24.2 Å². The molecule has 1 fully saturated rings. The van der Waals surface area contributed by atoms with Crippen LogP contribution in [0.1, 0.15) is 38.5 Å². The fourth-order valence-electron chi connectivity index (χ4n) is 2.99. The molecule has 132 valence electrons. The molecule has 1 aliphatic heterocycles. The van der Waals surface area contributed by atoms with Crippen molar-refractivity contribution in [3.8, 4) is 11.5 Å². The normalized spacial score (nSPS) is 17.4. The van der Waals surface area contributed by atoms with E-state index < -0.39 is 5.97 Å². The molecule has 0 saturated carbocycles. The van der Waals surface area contributed by atoms with Crippen LogP contribution in [0.3, 0.4) is 0 Å². The van der Waals surface area contributed by atoms with E-state index in [1.165, 1.54) is 0 Å². The van der Waals surface area contributed by atoms with Gasteiger partial charge in [-0.15, -0.1) is 0 Å². The number of carbonyl (C=O) groups is 2. The van der Waals surface area contributed by atoms with Crippen LogP contribution in [0, 0.1) is 0 Å². The molecule has 6 nitrogen and oxygen atoms in total. The van der Waals surface area contributed by atoms with Crippen LogP contribution < -0.4 is 9.47 Å². The van der Waals surface area contributed by atoms with E-state index in [1.807, 2.05) is 17.0 Å². The lowest BCUT2D eigenvalue weighted by molar-refractivity contribution is -0.140. The SMILES string of the molecule is COc1ccc(OCCC(=O)N2CCCCC2CCC(=O)O)cc1. The van der Waals surface area contributed by atoms with Crippen molar-refractivity contribution >= 4 is 11.9 Å². The van der Waals surface area contributed by atoms with E-state index in [4.69, 9.17) is 14.6 Å². The van der Waals surface area contributed by atoms with Crippen LogP contribution in [-0.4, -0.2) is 48.2 Å². The summed E-state index contributed by atoms with van der Waals surface area (Å²) >= 11 is 0. The van der Waals surface area contributed by atoms with E-state index in [0.29, 0.717) is 31.7 Å². The van der Waals surface area contributed by atoms with Gasteiger partial charge in [-0.1, -0.05) is 0 Å². The number of benzene rings is 1. The highest BCUT2D eigenvalue weighted by molar-refractivity contribution is 5.77. The first-order valence-electron chi connectivity index (χ1n) is 8.38. The zero-order chi connectivity index (χ0) is 17.4. The van der Waals surface area contributed by atoms with Crippen molar-refractivity contribution in [3.63, 3.8) is 0 Å². The molecule has 0 aromatic heterocycles. The Kier molecular flexibility index (Phi) is 6.90. The average molecular weight is 335 g/mol. The van der Waals surface area contributed by atoms with E-state index in [0.717, 1.165) is 25.0 Å². The van der Waals surface area contributed by atoms with Gasteiger partial charge in [0.25, 0.3) is 0 Å². The zero-order valence-electron chi connectivity index (χ0n) is 14.1. The quantitative estimate of drug-likeness (QED) is 0.790. The van der Waals surface area contributed by atoms with Gasteiger partial charge in [0.1, 0.15) is 11.5 Å². The summed E-state index contributed by atoms with van der Waals surface area (Å²) in [5.74, 6) is 0.687. The molecule has 1 N–H and O–H groups in total. The number of piperidine rings is 1. The number of amides is 1. The van der Waals surface area contributed by atoms with E-state index in [-0.39, 0.29) is 18.4 Å². The van der Waals surface area contributed by atoms with Gasteiger partial charge < -0.3 is 19.5 Å². The number of hydrogen-bond acceptors (Lipinski definition) is 4. The first kappa shape index (κ1) is 18.1. The number of carboxylic acids is 1. The van der Waals surface area contributed by atoms with Crippen molar-refractivity contribution in [1.82, 2.24) is 4.90 Å². The summed E-state index contributed by atoms with van der Waals surface area (Å²) in [4.78, 5) is 25.0. The lowest BCUT2D eigenvalue weighted by atomic mass is 9.97. The Morgan fingerprint density at radius 3 is 2.54 bits per heavy atom. The lowest BCUT2D eigenvalue weighted by Crippen LogP contribution is -2.44. The summed E-state index contributed by atoms with van der Waals surface area (Å²) in [5, 5.41) is 8.84. The molecule has 1 aliphatic rings. The molecule has 1 amide bonds. The van der Waals surface area contributed by atoms with Crippen molar-refractivity contribution in [2.24, 2.45) is 0 Å². The third-order valence-corrected chi connectivity index (χ3v) is 4.28. The number of carboxylic acid groups (broad SMARTS) is 1. The number of nitrogens with zero attached hydrogens (tertiary/aromatic N) is 1. The number of methoxy groups -OCH3 is 1. The number of aliphatic carboxylic acids is 1. The van der Waals surface area contributed by atoms with E-state index >= 15 is 0 Å². The van der Waals surface area contributed by atoms with Crippen molar-refractivity contribution in [1.29, 1.82) is 0 Å². The van der Waals surface area contributed by atoms with Gasteiger partial charge in [-0.3, -0.25) is 9.59 Å². The van der Waals surface area contributed by atoms with Crippen LogP contribution in [-0.2, 0) is 9.59 Å². The van der Waals surface area contributed by atoms with Gasteiger partial charge in [0.05, 0.1) is 20.1 Å². The highest BCUT2D eigenvalue weighted by Crippen LogP contribution is 2.22. The highest BCUT2D eigenvalue weighted by atomic mass is 16.5. The third-order valence-electron chi connectivity index (χ3n) is 4.28. The van der Waals surface area contributed by atoms with E-state index in [9.17, 15) is 9.59 Å². The number of carbonyl (C=O) groups excluding carboxylic acids is 1. The summed E-state index contributed by atoms with van der Waals surface area (Å²) in [6.45, 7) is 1.03. The maximum Gasteiger partial charge on any atom is 0.303 e. The number of likely N-dealkylation sites (tertiary alicyclic amines) is 1. The van der Waals surface area contributed by atoms with Gasteiger partial charge in [-0.2, -0.15) is 0 Å². The average Bonchev–Trinajstić information content (AvgIpc) is 2.60. The van der Waals surface area contributed by atoms with Crippen LogP contribution in [0.4, 0.5) is 0 Å². The van der Waals surface area contributed by atoms with Crippen molar-refractivity contribution in [2.75, 3.05) is 20.3 Å². The standard InChI is InChI=1S/C18H25NO5/c1-23-15-6-8-16(9-7-15)24-13-11-17(20)19-12-3-2-4-14(19)5-10-18(21)22/h6-9,14H,2-5,10-13H2,1H3,(H,21,22). The van der Waals surface area contributed by atoms with Gasteiger partial charge in [-0.05, 0) is 49.9 Å². The Balaban J connectivity index is 1.79. The summed E-state index contributed by atoms with van der Waals surface area (Å²) in [7, 11) is 1.61. The Morgan fingerprint density at radius 2 is 1.88 bits per heavy atom. The summed E-state index contributed by atoms with van der Waals surface area (Å²) in [5.41, 5.74) is 0. The summed E-state index contributed by atoms with van der Waals surface area (Å²) < 4.78 is 10.7. The minimum atomic E-state index is -0.809. The second-order valence-corrected chi connectivity index (χ2v) is 5.94. The van der Waals surface area contributed by atoms with Gasteiger partial charge in [-0.25, -0.2) is 0 Å². The smallest absolute Gasteiger partial charge is 0.303 e. The first-order chi connectivity index (χ1) is 11.6. The van der Waals surface area contributed by atoms with Gasteiger partial charge in [0.2, 0.25) is 5.91 Å². The Morgan fingerprint density at radius 1 is 1.17 bits per heavy atom. The van der Waals surface area contributed by atoms with Crippen LogP contribution in [0.5, 0.6) is 11.5 Å². The molecule has 1 aromatic rings. The van der Waals surface area contributed by atoms with Gasteiger partial charge in [0.15, 0.2) is 0 Å². The number of rotatable bonds is 8. The fourth-order valence-corrected chi connectivity index (χ4v) is 2.99. The molecule has 24 heavy (non-hydrogen) atoms. The van der Waals surface area contributed by atoms with Crippen LogP contribution in [0.25, 0.3) is 0 Å². The van der Waals surface area contributed by atoms with Crippen LogP contribution >= 0.6 is 0 Å². The molecule has 0 radical (unpaired) electrons. The maximum atomic E-state index is 12.4. The lowest BCUT2D eigenvalue weighted by Gasteiger charge is -2.35. The molecule has 6 heteroatoms. The Hall–Kier alpha value is -2.24. The van der Waals surface area contributed by atoms with E-state index in [2.05, 4.69) is 0 Å². The molecule has 0 bridgehead atoms. The maximum absolute atomic E-state index is 12.4. The van der Waals surface area contributed by atoms with Crippen LogP contribution in [0.2, 0.25) is 0 Å². The molecule has 2 rings (SSSR count). The van der Waals surface area contributed by atoms with Crippen LogP contribution in [0.15, 0.2) is 24.3 Å². The molecular formula is C18H25NO5. The highest BCUT2D eigenvalue weighted by Gasteiger charge is 2.26. The first-order valence-corrected chi connectivity index (χ1v) is 8.38. The Bertz CT molecular complexity index is 543. The molecule has 1 atom stereocenters. The monoisotopic (exact) mass is 335 g/mol. The molecule has 0 aliphatic carbocycles. The van der Waals surface area contributed by atoms with Gasteiger partial charge >= 0.3 is 5.97 Å². The van der Waals surface area contributed by atoms with E-state index in [1.54, 1.807) is 19.2 Å². The minimum absolute atomic E-state index is 0.0404. The molecule has 0 spiro atoms. The molecule has 1 heterocycles. The molecule has 1 saturated heterocycles. The summed E-state index contributed by atoms with van der Waals surface area (Å²) in [6.07, 6.45) is 3.86. The second-order valence-electron chi connectivity index (χ2n) is 5.94. The van der Waals surface area contributed by atoms with Crippen molar-refractivity contribution in [2.45, 2.75) is 44.6 Å².